The Morgan fingerprint density at radius 1 is 1.20 bits per heavy atom. The third-order valence-electron chi connectivity index (χ3n) is 1.67. The molecule has 4 nitrogen and oxygen atoms in total. The summed E-state index contributed by atoms with van der Waals surface area (Å²) >= 11 is 5.71. The summed E-state index contributed by atoms with van der Waals surface area (Å²) in [7, 11) is 3.99. The van der Waals surface area contributed by atoms with E-state index in [1.807, 2.05) is 0 Å². The van der Waals surface area contributed by atoms with E-state index in [0.29, 0.717) is 0 Å². The van der Waals surface area contributed by atoms with Crippen LogP contribution in [0, 0.1) is 0 Å². The molecule has 15 heavy (non-hydrogen) atoms. The molecule has 0 aliphatic heterocycles. The zero-order chi connectivity index (χ0) is 11.6. The zero-order valence-corrected chi connectivity index (χ0v) is 10.3. The highest BCUT2D eigenvalue weighted by atomic mass is 35.7. The molecule has 0 saturated heterocycles. The molecule has 1 rings (SSSR count). The Morgan fingerprint density at radius 2 is 1.80 bits per heavy atom. The molecule has 0 atom stereocenters. The van der Waals surface area contributed by atoms with Gasteiger partial charge < -0.3 is 9.47 Å². The van der Waals surface area contributed by atoms with Crippen LogP contribution in [0.5, 0.6) is 11.5 Å². The minimum Gasteiger partial charge on any atom is -0.493 e. The zero-order valence-electron chi connectivity index (χ0n) is 7.95. The fourth-order valence-corrected chi connectivity index (χ4v) is 2.37. The van der Waals surface area contributed by atoms with Crippen LogP contribution in [0.4, 0.5) is 0 Å². The molecule has 0 saturated carbocycles. The molecule has 0 heterocycles. The van der Waals surface area contributed by atoms with Gasteiger partial charge in [-0.3, -0.25) is 0 Å². The maximum atomic E-state index is 11.2. The predicted octanol–water partition coefficient (Wildman–Crippen LogP) is 2.28. The van der Waals surface area contributed by atoms with E-state index in [9.17, 15) is 8.42 Å². The molecule has 0 fully saturated rings. The molecule has 7 heteroatoms. The van der Waals surface area contributed by atoms with E-state index in [0.717, 1.165) is 0 Å². The van der Waals surface area contributed by atoms with Crippen molar-refractivity contribution in [1.82, 2.24) is 0 Å². The Hall–Kier alpha value is -0.650. The fourth-order valence-electron chi connectivity index (χ4n) is 1.08. The number of halogens is 2. The highest BCUT2D eigenvalue weighted by Gasteiger charge is 2.21. The topological polar surface area (TPSA) is 52.6 Å². The van der Waals surface area contributed by atoms with Crippen LogP contribution in [0.15, 0.2) is 17.0 Å². The Balaban J connectivity index is 3.57. The molecule has 0 aliphatic carbocycles. The van der Waals surface area contributed by atoms with E-state index in [1.165, 1.54) is 26.4 Å². The number of benzene rings is 1. The molecular weight excluding hydrogens is 263 g/mol. The van der Waals surface area contributed by atoms with Gasteiger partial charge >= 0.3 is 0 Å². The summed E-state index contributed by atoms with van der Waals surface area (Å²) in [4.78, 5) is -0.212. The lowest BCUT2D eigenvalue weighted by Gasteiger charge is -2.10. The van der Waals surface area contributed by atoms with Gasteiger partial charge in [0.25, 0.3) is 9.05 Å². The molecule has 84 valence electrons. The molecule has 0 amide bonds. The van der Waals surface area contributed by atoms with E-state index in [1.54, 1.807) is 0 Å². The van der Waals surface area contributed by atoms with Crippen LogP contribution in [0.25, 0.3) is 0 Å². The van der Waals surface area contributed by atoms with Gasteiger partial charge in [-0.2, -0.15) is 0 Å². The lowest BCUT2D eigenvalue weighted by Crippen LogP contribution is -1.99. The SMILES string of the molecule is COc1cc(Cl)cc(S(=O)(=O)Cl)c1OC. The Bertz CT molecular complexity index is 470. The molecule has 0 radical (unpaired) electrons. The molecule has 0 N–H and O–H groups in total. The van der Waals surface area contributed by atoms with Crippen LogP contribution < -0.4 is 9.47 Å². The third kappa shape index (κ3) is 2.68. The van der Waals surface area contributed by atoms with Gasteiger partial charge in [-0.25, -0.2) is 8.42 Å². The smallest absolute Gasteiger partial charge is 0.265 e. The lowest BCUT2D eigenvalue weighted by molar-refractivity contribution is 0.347. The molecule has 1 aromatic carbocycles. The highest BCUT2D eigenvalue weighted by molar-refractivity contribution is 8.13. The molecule has 1 aromatic rings. The van der Waals surface area contributed by atoms with E-state index >= 15 is 0 Å². The van der Waals surface area contributed by atoms with Gasteiger partial charge in [0.05, 0.1) is 14.2 Å². The Morgan fingerprint density at radius 3 is 2.20 bits per heavy atom. The number of hydrogen-bond acceptors (Lipinski definition) is 4. The summed E-state index contributed by atoms with van der Waals surface area (Å²) in [6, 6.07) is 2.64. The van der Waals surface area contributed by atoms with Crippen LogP contribution in [0.1, 0.15) is 0 Å². The first-order chi connectivity index (χ1) is 6.90. The van der Waals surface area contributed by atoms with Gasteiger partial charge in [-0.1, -0.05) is 11.6 Å². The lowest BCUT2D eigenvalue weighted by atomic mass is 10.3. The number of hydrogen-bond donors (Lipinski definition) is 0. The second-order valence-electron chi connectivity index (χ2n) is 2.58. The van der Waals surface area contributed by atoms with Crippen molar-refractivity contribution in [3.8, 4) is 11.5 Å². The van der Waals surface area contributed by atoms with Gasteiger partial charge in [0.1, 0.15) is 4.90 Å². The fraction of sp³-hybridized carbons (Fsp3) is 0.250. The monoisotopic (exact) mass is 270 g/mol. The van der Waals surface area contributed by atoms with Crippen molar-refractivity contribution >= 4 is 31.3 Å². The average molecular weight is 271 g/mol. The molecule has 0 aromatic heterocycles. The maximum absolute atomic E-state index is 11.2. The van der Waals surface area contributed by atoms with Crippen LogP contribution in [-0.4, -0.2) is 22.6 Å². The first-order valence-electron chi connectivity index (χ1n) is 3.76. The number of ether oxygens (including phenoxy) is 2. The van der Waals surface area contributed by atoms with Crippen LogP contribution in [0.2, 0.25) is 5.02 Å². The van der Waals surface area contributed by atoms with Crippen molar-refractivity contribution in [1.29, 1.82) is 0 Å². The van der Waals surface area contributed by atoms with Crippen molar-refractivity contribution in [3.05, 3.63) is 17.2 Å². The summed E-state index contributed by atoms with van der Waals surface area (Å²) in [5, 5.41) is 0.201. The normalized spacial score (nSPS) is 11.2. The standard InChI is InChI=1S/C8H8Cl2O4S/c1-13-6-3-5(9)4-7(8(6)14-2)15(10,11)12/h3-4H,1-2H3. The number of rotatable bonds is 3. The van der Waals surface area contributed by atoms with Crippen molar-refractivity contribution < 1.29 is 17.9 Å². The molecule has 0 unspecified atom stereocenters. The van der Waals surface area contributed by atoms with Gasteiger partial charge in [-0.05, 0) is 6.07 Å². The molecule has 0 aliphatic rings. The summed E-state index contributed by atoms with van der Waals surface area (Å²) in [5.74, 6) is 0.251. The average Bonchev–Trinajstić information content (AvgIpc) is 2.15. The summed E-state index contributed by atoms with van der Waals surface area (Å²) < 4.78 is 32.2. The Labute approximate surface area is 97.1 Å². The highest BCUT2D eigenvalue weighted by Crippen LogP contribution is 2.38. The minimum atomic E-state index is -3.92. The van der Waals surface area contributed by atoms with Crippen LogP contribution in [-0.2, 0) is 9.05 Å². The van der Waals surface area contributed by atoms with Gasteiger partial charge in [0, 0.05) is 21.8 Å². The second-order valence-corrected chi connectivity index (χ2v) is 5.55. The van der Waals surface area contributed by atoms with Gasteiger partial charge in [-0.15, -0.1) is 0 Å². The number of methoxy groups -OCH3 is 2. The van der Waals surface area contributed by atoms with E-state index in [2.05, 4.69) is 0 Å². The van der Waals surface area contributed by atoms with Crippen LogP contribution >= 0.6 is 22.3 Å². The maximum Gasteiger partial charge on any atom is 0.265 e. The van der Waals surface area contributed by atoms with E-state index < -0.39 is 9.05 Å². The first kappa shape index (κ1) is 12.4. The van der Waals surface area contributed by atoms with Crippen molar-refractivity contribution in [2.75, 3.05) is 14.2 Å². The molecule has 0 spiro atoms. The molecule has 0 bridgehead atoms. The predicted molar refractivity (Wildman–Crippen MR) is 57.6 cm³/mol. The summed E-state index contributed by atoms with van der Waals surface area (Å²) in [6.45, 7) is 0. The van der Waals surface area contributed by atoms with E-state index in [4.69, 9.17) is 31.8 Å². The van der Waals surface area contributed by atoms with Crippen molar-refractivity contribution in [3.63, 3.8) is 0 Å². The summed E-state index contributed by atoms with van der Waals surface area (Å²) in [5.41, 5.74) is 0. The third-order valence-corrected chi connectivity index (χ3v) is 3.22. The largest absolute Gasteiger partial charge is 0.493 e. The first-order valence-corrected chi connectivity index (χ1v) is 6.45. The quantitative estimate of drug-likeness (QED) is 0.791. The molecular formula is C8H8Cl2O4S. The Kier molecular flexibility index (Phi) is 3.70. The summed E-state index contributed by atoms with van der Waals surface area (Å²) in [6.07, 6.45) is 0. The van der Waals surface area contributed by atoms with Gasteiger partial charge in [0.2, 0.25) is 0 Å². The van der Waals surface area contributed by atoms with Gasteiger partial charge in [0.15, 0.2) is 11.5 Å². The second kappa shape index (κ2) is 4.47. The van der Waals surface area contributed by atoms with Crippen LogP contribution in [0.3, 0.4) is 0 Å². The van der Waals surface area contributed by atoms with E-state index in [-0.39, 0.29) is 21.4 Å². The van der Waals surface area contributed by atoms with Crippen molar-refractivity contribution in [2.45, 2.75) is 4.90 Å². The van der Waals surface area contributed by atoms with Crippen molar-refractivity contribution in [2.24, 2.45) is 0 Å². The minimum absolute atomic E-state index is 0.0388.